The summed E-state index contributed by atoms with van der Waals surface area (Å²) in [5.41, 5.74) is 2.74. The highest BCUT2D eigenvalue weighted by Crippen LogP contribution is 2.24. The molecule has 0 radical (unpaired) electrons. The minimum Gasteiger partial charge on any atom is -0.322 e. The van der Waals surface area contributed by atoms with Crippen LogP contribution in [0.2, 0.25) is 5.02 Å². The zero-order chi connectivity index (χ0) is 23.2. The lowest BCUT2D eigenvalue weighted by Crippen LogP contribution is -2.45. The van der Waals surface area contributed by atoms with Crippen LogP contribution in [0.25, 0.3) is 0 Å². The molecule has 0 atom stereocenters. The second-order valence-electron chi connectivity index (χ2n) is 8.11. The van der Waals surface area contributed by atoms with Crippen molar-refractivity contribution in [3.63, 3.8) is 0 Å². The molecule has 0 saturated carbocycles. The number of hydrogen-bond donors (Lipinski definition) is 1. The second kappa shape index (κ2) is 10.6. The number of halogens is 1. The molecule has 3 aromatic rings. The Hall–Kier alpha value is -3.26. The number of nitro benzene ring substituents is 1. The zero-order valence-corrected chi connectivity index (χ0v) is 18.9. The van der Waals surface area contributed by atoms with Crippen LogP contribution < -0.4 is 5.32 Å². The van der Waals surface area contributed by atoms with Gasteiger partial charge in [0.25, 0.3) is 11.6 Å². The lowest BCUT2D eigenvalue weighted by atomic mass is 10.1. The Morgan fingerprint density at radius 3 is 2.03 bits per heavy atom. The van der Waals surface area contributed by atoms with Crippen molar-refractivity contribution < 1.29 is 9.72 Å². The van der Waals surface area contributed by atoms with Crippen molar-refractivity contribution in [3.05, 3.63) is 105 Å². The quantitative estimate of drug-likeness (QED) is 0.400. The molecular weight excluding hydrogens is 440 g/mol. The van der Waals surface area contributed by atoms with E-state index in [2.05, 4.69) is 39.4 Å². The van der Waals surface area contributed by atoms with E-state index >= 15 is 0 Å². The highest BCUT2D eigenvalue weighted by atomic mass is 35.5. The van der Waals surface area contributed by atoms with Gasteiger partial charge in [-0.05, 0) is 35.4 Å². The van der Waals surface area contributed by atoms with Crippen LogP contribution in [0.1, 0.15) is 21.5 Å². The van der Waals surface area contributed by atoms with Gasteiger partial charge < -0.3 is 5.32 Å². The van der Waals surface area contributed by atoms with Gasteiger partial charge >= 0.3 is 0 Å². The summed E-state index contributed by atoms with van der Waals surface area (Å²) < 4.78 is 0. The molecule has 3 aromatic carbocycles. The summed E-state index contributed by atoms with van der Waals surface area (Å²) in [6.07, 6.45) is 0. The smallest absolute Gasteiger partial charge is 0.283 e. The van der Waals surface area contributed by atoms with E-state index in [1.807, 2.05) is 30.3 Å². The van der Waals surface area contributed by atoms with Gasteiger partial charge in [-0.2, -0.15) is 0 Å². The van der Waals surface area contributed by atoms with E-state index in [4.69, 9.17) is 11.6 Å². The lowest BCUT2D eigenvalue weighted by molar-refractivity contribution is -0.385. The van der Waals surface area contributed by atoms with E-state index in [1.54, 1.807) is 0 Å². The highest BCUT2D eigenvalue weighted by molar-refractivity contribution is 6.31. The van der Waals surface area contributed by atoms with Crippen molar-refractivity contribution in [2.75, 3.05) is 31.5 Å². The Bertz CT molecular complexity index is 1110. The Kier molecular flexibility index (Phi) is 7.34. The van der Waals surface area contributed by atoms with Crippen LogP contribution in [-0.2, 0) is 13.1 Å². The van der Waals surface area contributed by atoms with Crippen molar-refractivity contribution in [2.24, 2.45) is 0 Å². The largest absolute Gasteiger partial charge is 0.322 e. The molecule has 0 spiro atoms. The lowest BCUT2D eigenvalue weighted by Gasteiger charge is -2.34. The average Bonchev–Trinajstić information content (AvgIpc) is 2.82. The molecule has 1 aliphatic rings. The third-order valence-corrected chi connectivity index (χ3v) is 5.97. The number of hydrogen-bond acceptors (Lipinski definition) is 5. The molecule has 1 N–H and O–H groups in total. The molecular formula is C25H25ClN4O3. The zero-order valence-electron chi connectivity index (χ0n) is 18.1. The number of carbonyl (C=O) groups is 1. The van der Waals surface area contributed by atoms with Crippen LogP contribution in [-0.4, -0.2) is 46.8 Å². The second-order valence-corrected chi connectivity index (χ2v) is 8.54. The van der Waals surface area contributed by atoms with Gasteiger partial charge in [0.2, 0.25) is 0 Å². The Labute approximate surface area is 197 Å². The predicted molar refractivity (Wildman–Crippen MR) is 129 cm³/mol. The third-order valence-electron chi connectivity index (χ3n) is 5.73. The summed E-state index contributed by atoms with van der Waals surface area (Å²) >= 11 is 5.82. The first-order chi connectivity index (χ1) is 16.0. The molecule has 1 aliphatic heterocycles. The summed E-state index contributed by atoms with van der Waals surface area (Å²) in [4.78, 5) is 28.1. The van der Waals surface area contributed by atoms with Gasteiger partial charge in [0.1, 0.15) is 5.56 Å². The Morgan fingerprint density at radius 1 is 0.879 bits per heavy atom. The number of nitrogens with zero attached hydrogens (tertiary/aromatic N) is 3. The number of rotatable bonds is 7. The third kappa shape index (κ3) is 6.16. The molecule has 0 bridgehead atoms. The first kappa shape index (κ1) is 22.9. The van der Waals surface area contributed by atoms with Crippen LogP contribution in [0, 0.1) is 10.1 Å². The number of nitro groups is 1. The number of anilines is 1. The Balaban J connectivity index is 1.29. The molecule has 7 nitrogen and oxygen atoms in total. The number of benzene rings is 3. The van der Waals surface area contributed by atoms with Gasteiger partial charge in [-0.3, -0.25) is 24.7 Å². The first-order valence-corrected chi connectivity index (χ1v) is 11.2. The summed E-state index contributed by atoms with van der Waals surface area (Å²) in [6.45, 7) is 5.90. The molecule has 1 heterocycles. The van der Waals surface area contributed by atoms with E-state index in [9.17, 15) is 14.9 Å². The van der Waals surface area contributed by atoms with E-state index in [0.717, 1.165) is 44.8 Å². The summed E-state index contributed by atoms with van der Waals surface area (Å²) in [6, 6.07) is 22.1. The van der Waals surface area contributed by atoms with Gasteiger partial charge in [0, 0.05) is 56.0 Å². The van der Waals surface area contributed by atoms with E-state index in [1.165, 1.54) is 23.8 Å². The summed E-state index contributed by atoms with van der Waals surface area (Å²) in [7, 11) is 0. The fourth-order valence-corrected chi connectivity index (χ4v) is 4.11. The van der Waals surface area contributed by atoms with E-state index < -0.39 is 10.8 Å². The highest BCUT2D eigenvalue weighted by Gasteiger charge is 2.21. The molecule has 0 aliphatic carbocycles. The minimum atomic E-state index is -0.608. The molecule has 1 saturated heterocycles. The predicted octanol–water partition coefficient (Wildman–Crippen LogP) is 4.82. The first-order valence-electron chi connectivity index (χ1n) is 10.8. The summed E-state index contributed by atoms with van der Waals surface area (Å²) in [5, 5.41) is 14.2. The summed E-state index contributed by atoms with van der Waals surface area (Å²) in [5.74, 6) is -0.541. The van der Waals surface area contributed by atoms with Crippen LogP contribution in [0.3, 0.4) is 0 Å². The van der Waals surface area contributed by atoms with Crippen molar-refractivity contribution >= 4 is 28.9 Å². The van der Waals surface area contributed by atoms with Crippen molar-refractivity contribution in [1.82, 2.24) is 9.80 Å². The van der Waals surface area contributed by atoms with Gasteiger partial charge in [-0.1, -0.05) is 54.1 Å². The molecule has 8 heteroatoms. The van der Waals surface area contributed by atoms with Crippen LogP contribution in [0.5, 0.6) is 0 Å². The molecule has 0 aromatic heterocycles. The number of amides is 1. The van der Waals surface area contributed by atoms with Gasteiger partial charge in [0.15, 0.2) is 0 Å². The molecule has 1 amide bonds. The molecule has 0 unspecified atom stereocenters. The fraction of sp³-hybridized carbons (Fsp3) is 0.240. The SMILES string of the molecule is O=C(Nc1ccc(CN2CCN(Cc3ccccc3)CC2)cc1)c1ccc(Cl)cc1[N+](=O)[O-]. The standard InChI is InChI=1S/C25H25ClN4O3/c26-21-8-11-23(24(16-21)30(32)33)25(31)27-22-9-6-20(7-10-22)18-29-14-12-28(13-15-29)17-19-4-2-1-3-5-19/h1-11,16H,12-15,17-18H2,(H,27,31). The molecule has 4 rings (SSSR count). The maximum absolute atomic E-state index is 12.5. The van der Waals surface area contributed by atoms with Crippen LogP contribution in [0.15, 0.2) is 72.8 Å². The number of carbonyl (C=O) groups excluding carboxylic acids is 1. The van der Waals surface area contributed by atoms with Crippen LogP contribution in [0.4, 0.5) is 11.4 Å². The Morgan fingerprint density at radius 2 is 1.45 bits per heavy atom. The monoisotopic (exact) mass is 464 g/mol. The van der Waals surface area contributed by atoms with Crippen molar-refractivity contribution in [3.8, 4) is 0 Å². The topological polar surface area (TPSA) is 78.7 Å². The molecule has 33 heavy (non-hydrogen) atoms. The normalized spacial score (nSPS) is 14.7. The van der Waals surface area contributed by atoms with E-state index in [0.29, 0.717) is 5.69 Å². The number of nitrogens with one attached hydrogen (secondary N) is 1. The fourth-order valence-electron chi connectivity index (χ4n) is 3.95. The van der Waals surface area contributed by atoms with Gasteiger partial charge in [0.05, 0.1) is 4.92 Å². The van der Waals surface area contributed by atoms with Crippen molar-refractivity contribution in [1.29, 1.82) is 0 Å². The van der Waals surface area contributed by atoms with Crippen molar-refractivity contribution in [2.45, 2.75) is 13.1 Å². The van der Waals surface area contributed by atoms with E-state index in [-0.39, 0.29) is 16.3 Å². The molecule has 170 valence electrons. The minimum absolute atomic E-state index is 0.0261. The van der Waals surface area contributed by atoms with Gasteiger partial charge in [-0.15, -0.1) is 0 Å². The maximum Gasteiger partial charge on any atom is 0.283 e. The van der Waals surface area contributed by atoms with Gasteiger partial charge in [-0.25, -0.2) is 0 Å². The molecule has 1 fully saturated rings. The average molecular weight is 465 g/mol. The number of piperazine rings is 1. The maximum atomic E-state index is 12.5. The van der Waals surface area contributed by atoms with Crippen LogP contribution >= 0.6 is 11.6 Å².